The minimum absolute atomic E-state index is 0.0507. The van der Waals surface area contributed by atoms with E-state index in [4.69, 9.17) is 0 Å². The molecule has 28 heavy (non-hydrogen) atoms. The van der Waals surface area contributed by atoms with Crippen LogP contribution >= 0.6 is 0 Å². The van der Waals surface area contributed by atoms with Crippen molar-refractivity contribution in [1.82, 2.24) is 24.6 Å². The van der Waals surface area contributed by atoms with Gasteiger partial charge in [-0.3, -0.25) is 9.78 Å². The maximum atomic E-state index is 13.2. The molecule has 1 saturated heterocycles. The zero-order chi connectivity index (χ0) is 18.9. The Labute approximate surface area is 164 Å². The largest absolute Gasteiger partial charge is 0.332 e. The van der Waals surface area contributed by atoms with Crippen LogP contribution in [-0.2, 0) is 24.2 Å². The average molecular weight is 375 g/mol. The molecule has 0 radical (unpaired) electrons. The number of hydrogen-bond donors (Lipinski definition) is 0. The first-order valence-corrected chi connectivity index (χ1v) is 10.3. The molecule has 6 heteroatoms. The third kappa shape index (κ3) is 3.07. The van der Waals surface area contributed by atoms with E-state index in [9.17, 15) is 4.79 Å². The van der Waals surface area contributed by atoms with Crippen molar-refractivity contribution in [3.63, 3.8) is 0 Å². The number of aromatic nitrogens is 4. The molecule has 1 atom stereocenters. The summed E-state index contributed by atoms with van der Waals surface area (Å²) in [4.78, 5) is 19.6. The first-order chi connectivity index (χ1) is 13.8. The van der Waals surface area contributed by atoms with Crippen LogP contribution in [0.1, 0.15) is 55.4 Å². The van der Waals surface area contributed by atoms with Crippen molar-refractivity contribution in [3.05, 3.63) is 53.9 Å². The topological polar surface area (TPSA) is 63.9 Å². The van der Waals surface area contributed by atoms with Gasteiger partial charge in [-0.05, 0) is 36.6 Å². The Morgan fingerprint density at radius 2 is 1.96 bits per heavy atom. The van der Waals surface area contributed by atoms with Gasteiger partial charge in [0.2, 0.25) is 5.91 Å². The van der Waals surface area contributed by atoms with Crippen molar-refractivity contribution in [1.29, 1.82) is 0 Å². The van der Waals surface area contributed by atoms with E-state index in [1.807, 2.05) is 35.5 Å². The van der Waals surface area contributed by atoms with E-state index in [2.05, 4.69) is 25.8 Å². The Bertz CT molecular complexity index is 1010. The van der Waals surface area contributed by atoms with Crippen LogP contribution in [0.2, 0.25) is 0 Å². The van der Waals surface area contributed by atoms with E-state index in [0.29, 0.717) is 6.42 Å². The number of rotatable bonds is 3. The van der Waals surface area contributed by atoms with Gasteiger partial charge in [0.15, 0.2) is 5.82 Å². The summed E-state index contributed by atoms with van der Waals surface area (Å²) >= 11 is 0. The quantitative estimate of drug-likeness (QED) is 0.703. The molecule has 0 bridgehead atoms. The molecule has 0 saturated carbocycles. The lowest BCUT2D eigenvalue weighted by Crippen LogP contribution is -2.33. The minimum atomic E-state index is 0.0507. The van der Waals surface area contributed by atoms with Crippen molar-refractivity contribution in [2.75, 3.05) is 6.54 Å². The van der Waals surface area contributed by atoms with Gasteiger partial charge in [-0.15, -0.1) is 10.2 Å². The fourth-order valence-electron chi connectivity index (χ4n) is 4.67. The zero-order valence-electron chi connectivity index (χ0n) is 16.0. The minimum Gasteiger partial charge on any atom is -0.332 e. The van der Waals surface area contributed by atoms with Crippen LogP contribution in [0.4, 0.5) is 0 Å². The van der Waals surface area contributed by atoms with E-state index in [0.717, 1.165) is 60.3 Å². The van der Waals surface area contributed by atoms with Crippen LogP contribution in [0.5, 0.6) is 0 Å². The summed E-state index contributed by atoms with van der Waals surface area (Å²) in [7, 11) is 0. The molecule has 1 fully saturated rings. The van der Waals surface area contributed by atoms with Crippen molar-refractivity contribution in [2.24, 2.45) is 0 Å². The summed E-state index contributed by atoms with van der Waals surface area (Å²) in [6, 6.07) is 8.18. The van der Waals surface area contributed by atoms with Gasteiger partial charge in [-0.25, -0.2) is 0 Å². The molecule has 0 spiro atoms. The molecule has 144 valence electrons. The Morgan fingerprint density at radius 1 is 1.04 bits per heavy atom. The summed E-state index contributed by atoms with van der Waals surface area (Å²) in [6.45, 7) is 1.77. The Kier molecular flexibility index (Phi) is 4.55. The number of aryl methyl sites for hydroxylation is 1. The highest BCUT2D eigenvalue weighted by Gasteiger charge is 2.34. The van der Waals surface area contributed by atoms with Crippen LogP contribution in [0.25, 0.3) is 10.8 Å². The normalized spacial score (nSPS) is 19.6. The fraction of sp³-hybridized carbons (Fsp3) is 0.455. The number of benzene rings is 1. The van der Waals surface area contributed by atoms with E-state index >= 15 is 0 Å². The lowest BCUT2D eigenvalue weighted by Gasteiger charge is -2.25. The number of carbonyl (C=O) groups excluding carboxylic acids is 1. The second kappa shape index (κ2) is 7.34. The smallest absolute Gasteiger partial charge is 0.227 e. The van der Waals surface area contributed by atoms with Crippen molar-refractivity contribution in [2.45, 2.75) is 57.5 Å². The number of likely N-dealkylation sites (tertiary alicyclic amines) is 1. The van der Waals surface area contributed by atoms with Crippen LogP contribution in [0, 0.1) is 0 Å². The maximum absolute atomic E-state index is 13.2. The molecule has 6 nitrogen and oxygen atoms in total. The van der Waals surface area contributed by atoms with Gasteiger partial charge < -0.3 is 9.47 Å². The predicted molar refractivity (Wildman–Crippen MR) is 107 cm³/mol. The number of nitrogens with zero attached hydrogens (tertiary/aromatic N) is 5. The molecule has 2 aromatic heterocycles. The third-order valence-corrected chi connectivity index (χ3v) is 6.10. The highest BCUT2D eigenvalue weighted by Crippen LogP contribution is 2.33. The van der Waals surface area contributed by atoms with E-state index in [1.54, 1.807) is 0 Å². The molecule has 3 aromatic rings. The van der Waals surface area contributed by atoms with Gasteiger partial charge in [-0.1, -0.05) is 30.7 Å². The van der Waals surface area contributed by atoms with E-state index in [1.165, 1.54) is 19.3 Å². The highest BCUT2D eigenvalue weighted by atomic mass is 16.2. The summed E-state index contributed by atoms with van der Waals surface area (Å²) in [5.74, 6) is 2.23. The van der Waals surface area contributed by atoms with Crippen LogP contribution in [0.3, 0.4) is 0 Å². The average Bonchev–Trinajstić information content (AvgIpc) is 3.29. The summed E-state index contributed by atoms with van der Waals surface area (Å²) in [6.07, 6.45) is 10.6. The number of pyridine rings is 1. The summed E-state index contributed by atoms with van der Waals surface area (Å²) in [5, 5.41) is 11.1. The molecule has 1 amide bonds. The van der Waals surface area contributed by atoms with Gasteiger partial charge in [0.05, 0.1) is 12.5 Å². The molecular formula is C22H25N5O. The lowest BCUT2D eigenvalue weighted by atomic mass is 10.0. The molecule has 2 aliphatic rings. The number of hydrogen-bond acceptors (Lipinski definition) is 4. The van der Waals surface area contributed by atoms with Gasteiger partial charge in [0.25, 0.3) is 0 Å². The first-order valence-electron chi connectivity index (χ1n) is 10.3. The predicted octanol–water partition coefficient (Wildman–Crippen LogP) is 3.46. The Hall–Kier alpha value is -2.76. The zero-order valence-corrected chi connectivity index (χ0v) is 16.0. The molecule has 0 aliphatic carbocycles. The number of carbonyl (C=O) groups is 1. The molecular weight excluding hydrogens is 350 g/mol. The van der Waals surface area contributed by atoms with Crippen molar-refractivity contribution >= 4 is 16.7 Å². The van der Waals surface area contributed by atoms with Gasteiger partial charge in [0.1, 0.15) is 5.82 Å². The second-order valence-electron chi connectivity index (χ2n) is 7.88. The third-order valence-electron chi connectivity index (χ3n) is 6.10. The van der Waals surface area contributed by atoms with E-state index in [-0.39, 0.29) is 11.9 Å². The standard InChI is InChI=1S/C22H25N5O/c28-21(13-17-15-23-14-16-7-3-4-8-18(16)17)26-12-6-9-19(26)22-25-24-20-10-2-1-5-11-27(20)22/h3-4,7-8,14-15,19H,1-2,5-6,9-13H2. The van der Waals surface area contributed by atoms with Gasteiger partial charge in [0, 0.05) is 37.3 Å². The first kappa shape index (κ1) is 17.3. The van der Waals surface area contributed by atoms with Gasteiger partial charge >= 0.3 is 0 Å². The molecule has 0 N–H and O–H groups in total. The van der Waals surface area contributed by atoms with Crippen molar-refractivity contribution < 1.29 is 4.79 Å². The Morgan fingerprint density at radius 3 is 2.93 bits per heavy atom. The summed E-state index contributed by atoms with van der Waals surface area (Å²) in [5.41, 5.74) is 0.994. The van der Waals surface area contributed by atoms with Crippen LogP contribution in [-0.4, -0.2) is 37.1 Å². The number of fused-ring (bicyclic) bond motifs is 2. The lowest BCUT2D eigenvalue weighted by molar-refractivity contribution is -0.131. The van der Waals surface area contributed by atoms with Crippen molar-refractivity contribution in [3.8, 4) is 0 Å². The molecule has 2 aliphatic heterocycles. The monoisotopic (exact) mass is 375 g/mol. The maximum Gasteiger partial charge on any atom is 0.227 e. The molecule has 1 aromatic carbocycles. The second-order valence-corrected chi connectivity index (χ2v) is 7.88. The van der Waals surface area contributed by atoms with Gasteiger partial charge in [-0.2, -0.15) is 0 Å². The fourth-order valence-corrected chi connectivity index (χ4v) is 4.67. The van der Waals surface area contributed by atoms with Crippen LogP contribution in [0.15, 0.2) is 36.7 Å². The number of amides is 1. The van der Waals surface area contributed by atoms with E-state index < -0.39 is 0 Å². The molecule has 1 unspecified atom stereocenters. The molecule has 5 rings (SSSR count). The highest BCUT2D eigenvalue weighted by molar-refractivity contribution is 5.89. The van der Waals surface area contributed by atoms with Crippen LogP contribution < -0.4 is 0 Å². The SMILES string of the molecule is O=C(Cc1cncc2ccccc12)N1CCCC1c1nnc2n1CCCCC2. The molecule has 4 heterocycles. The Balaban J connectivity index is 1.41. The summed E-state index contributed by atoms with van der Waals surface area (Å²) < 4.78 is 2.28.